The fourth-order valence-electron chi connectivity index (χ4n) is 1.68. The van der Waals surface area contributed by atoms with Gasteiger partial charge in [-0.15, -0.1) is 0 Å². The molecular weight excluding hydrogens is 218 g/mol. The summed E-state index contributed by atoms with van der Waals surface area (Å²) in [4.78, 5) is 13.5. The molecule has 1 aliphatic heterocycles. The highest BCUT2D eigenvalue weighted by molar-refractivity contribution is 5.92. The van der Waals surface area contributed by atoms with Crippen LogP contribution in [0.15, 0.2) is 30.3 Å². The largest absolute Gasteiger partial charge is 0.507 e. The number of hydrogen-bond donors (Lipinski definition) is 1. The van der Waals surface area contributed by atoms with Crippen molar-refractivity contribution in [2.45, 2.75) is 0 Å². The SMILES string of the molecule is O=C(C=Cc1ccccc1O)N1CCOCC1. The molecule has 0 aromatic heterocycles. The number of ether oxygens (including phenoxy) is 1. The normalized spacial score (nSPS) is 16.4. The van der Waals surface area contributed by atoms with Crippen molar-refractivity contribution >= 4 is 12.0 Å². The number of benzene rings is 1. The number of morpholine rings is 1. The molecule has 1 aromatic rings. The third-order valence-corrected chi connectivity index (χ3v) is 2.66. The van der Waals surface area contributed by atoms with Gasteiger partial charge in [-0.05, 0) is 12.1 Å². The number of amides is 1. The summed E-state index contributed by atoms with van der Waals surface area (Å²) in [6.07, 6.45) is 3.12. The Hall–Kier alpha value is -1.81. The van der Waals surface area contributed by atoms with Gasteiger partial charge in [-0.25, -0.2) is 0 Å². The first-order valence-electron chi connectivity index (χ1n) is 5.60. The molecular formula is C13H15NO3. The zero-order chi connectivity index (χ0) is 12.1. The molecule has 4 nitrogen and oxygen atoms in total. The van der Waals surface area contributed by atoms with Crippen LogP contribution in [0.4, 0.5) is 0 Å². The summed E-state index contributed by atoms with van der Waals surface area (Å²) in [6.45, 7) is 2.44. The number of carbonyl (C=O) groups excluding carboxylic acids is 1. The summed E-state index contributed by atoms with van der Waals surface area (Å²) in [5.74, 6) is 0.134. The molecule has 17 heavy (non-hydrogen) atoms. The van der Waals surface area contributed by atoms with Gasteiger partial charge in [0.15, 0.2) is 0 Å². The zero-order valence-electron chi connectivity index (χ0n) is 9.50. The quantitative estimate of drug-likeness (QED) is 0.782. The van der Waals surface area contributed by atoms with E-state index in [-0.39, 0.29) is 11.7 Å². The van der Waals surface area contributed by atoms with Crippen LogP contribution in [-0.2, 0) is 9.53 Å². The topological polar surface area (TPSA) is 49.8 Å². The van der Waals surface area contributed by atoms with Crippen molar-refractivity contribution in [3.05, 3.63) is 35.9 Å². The third-order valence-electron chi connectivity index (χ3n) is 2.66. The van der Waals surface area contributed by atoms with E-state index in [1.807, 2.05) is 6.07 Å². The molecule has 1 saturated heterocycles. The number of aromatic hydroxyl groups is 1. The Kier molecular flexibility index (Phi) is 3.77. The number of hydrogen-bond acceptors (Lipinski definition) is 3. The van der Waals surface area contributed by atoms with Gasteiger partial charge in [0.1, 0.15) is 5.75 Å². The number of para-hydroxylation sites is 1. The molecule has 2 rings (SSSR count). The highest BCUT2D eigenvalue weighted by Crippen LogP contribution is 2.17. The van der Waals surface area contributed by atoms with Crippen LogP contribution in [0.5, 0.6) is 5.75 Å². The maximum Gasteiger partial charge on any atom is 0.246 e. The van der Waals surface area contributed by atoms with Crippen molar-refractivity contribution in [1.82, 2.24) is 4.90 Å². The van der Waals surface area contributed by atoms with Gasteiger partial charge in [-0.2, -0.15) is 0 Å². The Bertz CT molecular complexity index is 422. The summed E-state index contributed by atoms with van der Waals surface area (Å²) >= 11 is 0. The number of phenolic OH excluding ortho intramolecular Hbond substituents is 1. The van der Waals surface area contributed by atoms with Crippen LogP contribution >= 0.6 is 0 Å². The molecule has 1 aliphatic rings. The molecule has 0 spiro atoms. The van der Waals surface area contributed by atoms with Crippen LogP contribution in [-0.4, -0.2) is 42.2 Å². The van der Waals surface area contributed by atoms with Gasteiger partial charge in [0.25, 0.3) is 0 Å². The van der Waals surface area contributed by atoms with Gasteiger partial charge in [-0.3, -0.25) is 4.79 Å². The smallest absolute Gasteiger partial charge is 0.246 e. The maximum absolute atomic E-state index is 11.8. The summed E-state index contributed by atoms with van der Waals surface area (Å²) in [5, 5.41) is 9.54. The summed E-state index contributed by atoms with van der Waals surface area (Å²) in [7, 11) is 0. The summed E-state index contributed by atoms with van der Waals surface area (Å²) in [6, 6.07) is 6.92. The minimum absolute atomic E-state index is 0.0449. The molecule has 4 heteroatoms. The Labute approximate surface area is 100 Å². The van der Waals surface area contributed by atoms with Gasteiger partial charge >= 0.3 is 0 Å². The average molecular weight is 233 g/mol. The molecule has 1 aromatic carbocycles. The first-order chi connectivity index (χ1) is 8.27. The van der Waals surface area contributed by atoms with E-state index in [9.17, 15) is 9.90 Å². The lowest BCUT2D eigenvalue weighted by Gasteiger charge is -2.25. The van der Waals surface area contributed by atoms with Crippen molar-refractivity contribution in [2.24, 2.45) is 0 Å². The van der Waals surface area contributed by atoms with Crippen molar-refractivity contribution < 1.29 is 14.6 Å². The van der Waals surface area contributed by atoms with Gasteiger partial charge in [-0.1, -0.05) is 18.2 Å². The average Bonchev–Trinajstić information content (AvgIpc) is 2.38. The minimum Gasteiger partial charge on any atom is -0.507 e. The van der Waals surface area contributed by atoms with Crippen LogP contribution in [0.3, 0.4) is 0 Å². The molecule has 1 N–H and O–H groups in total. The molecule has 1 amide bonds. The number of carbonyl (C=O) groups is 1. The van der Waals surface area contributed by atoms with Crippen molar-refractivity contribution in [2.75, 3.05) is 26.3 Å². The molecule has 0 aliphatic carbocycles. The van der Waals surface area contributed by atoms with Gasteiger partial charge < -0.3 is 14.7 Å². The molecule has 1 fully saturated rings. The first-order valence-corrected chi connectivity index (χ1v) is 5.60. The number of phenols is 1. The van der Waals surface area contributed by atoms with E-state index in [2.05, 4.69) is 0 Å². The standard InChI is InChI=1S/C13H15NO3/c15-12-4-2-1-3-11(12)5-6-13(16)14-7-9-17-10-8-14/h1-6,15H,7-10H2. The zero-order valence-corrected chi connectivity index (χ0v) is 9.50. The lowest BCUT2D eigenvalue weighted by molar-refractivity contribution is -0.129. The predicted octanol–water partition coefficient (Wildman–Crippen LogP) is 1.26. The van der Waals surface area contributed by atoms with E-state index in [1.54, 1.807) is 29.2 Å². The maximum atomic E-state index is 11.8. The summed E-state index contributed by atoms with van der Waals surface area (Å²) < 4.78 is 5.17. The molecule has 1 heterocycles. The molecule has 0 radical (unpaired) electrons. The molecule has 0 bridgehead atoms. The monoisotopic (exact) mass is 233 g/mol. The predicted molar refractivity (Wildman–Crippen MR) is 64.5 cm³/mol. The third kappa shape index (κ3) is 3.07. The molecule has 0 atom stereocenters. The van der Waals surface area contributed by atoms with E-state index in [4.69, 9.17) is 4.74 Å². The second-order valence-electron chi connectivity index (χ2n) is 3.83. The van der Waals surface area contributed by atoms with Crippen molar-refractivity contribution in [3.8, 4) is 5.75 Å². The van der Waals surface area contributed by atoms with Crippen molar-refractivity contribution in [1.29, 1.82) is 0 Å². The second-order valence-corrected chi connectivity index (χ2v) is 3.83. The van der Waals surface area contributed by atoms with E-state index in [1.165, 1.54) is 6.08 Å². The van der Waals surface area contributed by atoms with Crippen LogP contribution in [0, 0.1) is 0 Å². The first kappa shape index (κ1) is 11.7. The Morgan fingerprint density at radius 3 is 2.71 bits per heavy atom. The van der Waals surface area contributed by atoms with Crippen molar-refractivity contribution in [3.63, 3.8) is 0 Å². The number of nitrogens with zero attached hydrogens (tertiary/aromatic N) is 1. The molecule has 0 saturated carbocycles. The van der Waals surface area contributed by atoms with E-state index < -0.39 is 0 Å². The van der Waals surface area contributed by atoms with Gasteiger partial charge in [0.05, 0.1) is 13.2 Å². The van der Waals surface area contributed by atoms with Gasteiger partial charge in [0.2, 0.25) is 5.91 Å². The second kappa shape index (κ2) is 5.50. The fraction of sp³-hybridized carbons (Fsp3) is 0.308. The molecule has 90 valence electrons. The van der Waals surface area contributed by atoms with Crippen LogP contribution in [0.25, 0.3) is 6.08 Å². The highest BCUT2D eigenvalue weighted by atomic mass is 16.5. The lowest BCUT2D eigenvalue weighted by Crippen LogP contribution is -2.39. The Morgan fingerprint density at radius 2 is 2.00 bits per heavy atom. The number of rotatable bonds is 2. The van der Waals surface area contributed by atoms with E-state index in [0.29, 0.717) is 31.9 Å². The fourth-order valence-corrected chi connectivity index (χ4v) is 1.68. The van der Waals surface area contributed by atoms with Crippen LogP contribution in [0.2, 0.25) is 0 Å². The lowest BCUT2D eigenvalue weighted by atomic mass is 10.2. The Balaban J connectivity index is 2.00. The highest BCUT2D eigenvalue weighted by Gasteiger charge is 2.13. The Morgan fingerprint density at radius 1 is 1.29 bits per heavy atom. The van der Waals surface area contributed by atoms with E-state index >= 15 is 0 Å². The minimum atomic E-state index is -0.0449. The molecule has 0 unspecified atom stereocenters. The summed E-state index contributed by atoms with van der Waals surface area (Å²) in [5.41, 5.74) is 0.647. The van der Waals surface area contributed by atoms with Crippen LogP contribution < -0.4 is 0 Å². The van der Waals surface area contributed by atoms with Crippen LogP contribution in [0.1, 0.15) is 5.56 Å². The van der Waals surface area contributed by atoms with Gasteiger partial charge in [0, 0.05) is 24.7 Å². The van der Waals surface area contributed by atoms with E-state index in [0.717, 1.165) is 0 Å².